The molecule has 2 fully saturated rings. The highest BCUT2D eigenvalue weighted by atomic mass is 16.3. The van der Waals surface area contributed by atoms with Crippen LogP contribution in [0.4, 0.5) is 0 Å². The van der Waals surface area contributed by atoms with Crippen molar-refractivity contribution in [2.24, 2.45) is 5.41 Å². The maximum atomic E-state index is 12.3. The lowest BCUT2D eigenvalue weighted by Crippen LogP contribution is -2.42. The molecule has 2 aliphatic rings. The molecule has 16 heavy (non-hydrogen) atoms. The van der Waals surface area contributed by atoms with Crippen molar-refractivity contribution < 1.29 is 9.90 Å². The van der Waals surface area contributed by atoms with Gasteiger partial charge in [-0.25, -0.2) is 0 Å². The van der Waals surface area contributed by atoms with Gasteiger partial charge in [0.15, 0.2) is 0 Å². The van der Waals surface area contributed by atoms with Crippen LogP contribution in [0.5, 0.6) is 0 Å². The second-order valence-corrected chi connectivity index (χ2v) is 5.37. The average molecular weight is 222 g/mol. The monoisotopic (exact) mass is 222 g/mol. The molecule has 0 aromatic heterocycles. The second-order valence-electron chi connectivity index (χ2n) is 5.37. The van der Waals surface area contributed by atoms with Gasteiger partial charge in [0.2, 0.25) is 5.91 Å². The lowest BCUT2D eigenvalue weighted by atomic mass is 9.86. The largest absolute Gasteiger partial charge is 0.388 e. The van der Waals surface area contributed by atoms with E-state index in [9.17, 15) is 15.2 Å². The summed E-state index contributed by atoms with van der Waals surface area (Å²) in [6, 6.07) is 2.21. The quantitative estimate of drug-likeness (QED) is 0.721. The Bertz CT molecular complexity index is 337. The molecule has 0 aromatic carbocycles. The summed E-state index contributed by atoms with van der Waals surface area (Å²) in [5.74, 6) is -0.0646. The minimum Gasteiger partial charge on any atom is -0.388 e. The van der Waals surface area contributed by atoms with Crippen LogP contribution in [-0.4, -0.2) is 34.6 Å². The minimum absolute atomic E-state index is 0.0646. The number of amides is 1. The standard InChI is InChI=1S/C12H18N2O2/c1-11(16)6-7-14(9-11)10(15)12(8-13)4-2-3-5-12/h16H,2-7,9H2,1H3. The van der Waals surface area contributed by atoms with Crippen molar-refractivity contribution in [2.45, 2.75) is 44.6 Å². The van der Waals surface area contributed by atoms with E-state index in [1.54, 1.807) is 11.8 Å². The highest BCUT2D eigenvalue weighted by molar-refractivity contribution is 5.86. The van der Waals surface area contributed by atoms with Crippen LogP contribution in [0.3, 0.4) is 0 Å². The Kier molecular flexibility index (Phi) is 2.67. The molecule has 1 atom stereocenters. The van der Waals surface area contributed by atoms with Gasteiger partial charge in [-0.3, -0.25) is 4.79 Å². The van der Waals surface area contributed by atoms with Crippen LogP contribution in [0.2, 0.25) is 0 Å². The molecule has 2 rings (SSSR count). The Labute approximate surface area is 95.9 Å². The van der Waals surface area contributed by atoms with E-state index in [-0.39, 0.29) is 5.91 Å². The van der Waals surface area contributed by atoms with Crippen molar-refractivity contribution in [1.29, 1.82) is 5.26 Å². The van der Waals surface area contributed by atoms with Gasteiger partial charge in [0.05, 0.1) is 11.7 Å². The van der Waals surface area contributed by atoms with Crippen LogP contribution in [0.25, 0.3) is 0 Å². The Hall–Kier alpha value is -1.08. The van der Waals surface area contributed by atoms with E-state index in [4.69, 9.17) is 0 Å². The van der Waals surface area contributed by atoms with E-state index in [1.165, 1.54) is 0 Å². The normalized spacial score (nSPS) is 32.7. The van der Waals surface area contributed by atoms with Crippen LogP contribution in [0, 0.1) is 16.7 Å². The number of hydrogen-bond donors (Lipinski definition) is 1. The molecule has 4 heteroatoms. The Morgan fingerprint density at radius 3 is 2.44 bits per heavy atom. The summed E-state index contributed by atoms with van der Waals surface area (Å²) in [5, 5.41) is 19.1. The predicted molar refractivity (Wildman–Crippen MR) is 58.3 cm³/mol. The summed E-state index contributed by atoms with van der Waals surface area (Å²) in [5.41, 5.74) is -1.56. The van der Waals surface area contributed by atoms with Gasteiger partial charge < -0.3 is 10.0 Å². The third kappa shape index (κ3) is 1.80. The molecule has 88 valence electrons. The predicted octanol–water partition coefficient (Wildman–Crippen LogP) is 1.05. The Morgan fingerprint density at radius 2 is 2.00 bits per heavy atom. The van der Waals surface area contributed by atoms with E-state index >= 15 is 0 Å². The summed E-state index contributed by atoms with van der Waals surface area (Å²) < 4.78 is 0. The SMILES string of the molecule is CC1(O)CCN(C(=O)C2(C#N)CCCC2)C1. The molecule has 1 saturated heterocycles. The van der Waals surface area contributed by atoms with Crippen molar-refractivity contribution in [3.05, 3.63) is 0 Å². The number of rotatable bonds is 1. The average Bonchev–Trinajstić information content (AvgIpc) is 2.84. The number of aliphatic hydroxyl groups is 1. The van der Waals surface area contributed by atoms with Gasteiger partial charge in [-0.15, -0.1) is 0 Å². The number of carbonyl (C=O) groups excluding carboxylic acids is 1. The minimum atomic E-state index is -0.791. The molecule has 1 aliphatic heterocycles. The van der Waals surface area contributed by atoms with E-state index < -0.39 is 11.0 Å². The van der Waals surface area contributed by atoms with Crippen molar-refractivity contribution in [2.75, 3.05) is 13.1 Å². The third-order valence-corrected chi connectivity index (χ3v) is 3.82. The second kappa shape index (κ2) is 3.74. The van der Waals surface area contributed by atoms with Crippen molar-refractivity contribution >= 4 is 5.91 Å². The molecule has 1 aliphatic carbocycles. The highest BCUT2D eigenvalue weighted by Gasteiger charge is 2.46. The lowest BCUT2D eigenvalue weighted by Gasteiger charge is -2.27. The van der Waals surface area contributed by atoms with E-state index in [2.05, 4.69) is 6.07 Å². The van der Waals surface area contributed by atoms with Crippen LogP contribution >= 0.6 is 0 Å². The van der Waals surface area contributed by atoms with E-state index in [0.29, 0.717) is 32.4 Å². The van der Waals surface area contributed by atoms with Gasteiger partial charge in [0, 0.05) is 13.1 Å². The Morgan fingerprint density at radius 1 is 1.38 bits per heavy atom. The zero-order valence-corrected chi connectivity index (χ0v) is 9.70. The molecular weight excluding hydrogens is 204 g/mol. The first-order chi connectivity index (χ1) is 7.49. The highest BCUT2D eigenvalue weighted by Crippen LogP contribution is 2.40. The maximum Gasteiger partial charge on any atom is 0.243 e. The molecule has 1 saturated carbocycles. The number of hydrogen-bond acceptors (Lipinski definition) is 3. The zero-order chi connectivity index (χ0) is 11.8. The first-order valence-corrected chi connectivity index (χ1v) is 5.92. The fourth-order valence-electron chi connectivity index (χ4n) is 2.77. The van der Waals surface area contributed by atoms with Gasteiger partial charge in [0.1, 0.15) is 5.41 Å². The Balaban J connectivity index is 2.11. The van der Waals surface area contributed by atoms with Gasteiger partial charge in [-0.2, -0.15) is 5.26 Å². The van der Waals surface area contributed by atoms with Gasteiger partial charge in [-0.05, 0) is 26.2 Å². The van der Waals surface area contributed by atoms with Gasteiger partial charge >= 0.3 is 0 Å². The number of likely N-dealkylation sites (tertiary alicyclic amines) is 1. The smallest absolute Gasteiger partial charge is 0.243 e. The third-order valence-electron chi connectivity index (χ3n) is 3.82. The first kappa shape index (κ1) is 11.4. The lowest BCUT2D eigenvalue weighted by molar-refractivity contribution is -0.138. The summed E-state index contributed by atoms with van der Waals surface area (Å²) >= 11 is 0. The van der Waals surface area contributed by atoms with Crippen LogP contribution in [-0.2, 0) is 4.79 Å². The summed E-state index contributed by atoms with van der Waals surface area (Å²) in [7, 11) is 0. The molecule has 0 radical (unpaired) electrons. The summed E-state index contributed by atoms with van der Waals surface area (Å²) in [6.45, 7) is 2.69. The molecule has 1 N–H and O–H groups in total. The first-order valence-electron chi connectivity index (χ1n) is 5.92. The zero-order valence-electron chi connectivity index (χ0n) is 9.70. The molecule has 0 spiro atoms. The van der Waals surface area contributed by atoms with E-state index in [0.717, 1.165) is 12.8 Å². The molecule has 4 nitrogen and oxygen atoms in total. The van der Waals surface area contributed by atoms with Crippen molar-refractivity contribution in [3.8, 4) is 6.07 Å². The summed E-state index contributed by atoms with van der Waals surface area (Å²) in [6.07, 6.45) is 3.90. The number of carbonyl (C=O) groups is 1. The van der Waals surface area contributed by atoms with Crippen LogP contribution < -0.4 is 0 Å². The van der Waals surface area contributed by atoms with Gasteiger partial charge in [-0.1, -0.05) is 12.8 Å². The molecular formula is C12H18N2O2. The summed E-state index contributed by atoms with van der Waals surface area (Å²) in [4.78, 5) is 13.9. The molecule has 1 amide bonds. The van der Waals surface area contributed by atoms with Gasteiger partial charge in [0.25, 0.3) is 0 Å². The molecule has 1 unspecified atom stereocenters. The number of nitriles is 1. The topological polar surface area (TPSA) is 64.3 Å². The van der Waals surface area contributed by atoms with Crippen molar-refractivity contribution in [1.82, 2.24) is 4.90 Å². The molecule has 1 heterocycles. The fraction of sp³-hybridized carbons (Fsp3) is 0.833. The molecule has 0 aromatic rings. The number of nitrogens with zero attached hydrogens (tertiary/aromatic N) is 2. The van der Waals surface area contributed by atoms with Crippen LogP contribution in [0.15, 0.2) is 0 Å². The maximum absolute atomic E-state index is 12.3. The van der Waals surface area contributed by atoms with E-state index in [1.807, 2.05) is 0 Å². The van der Waals surface area contributed by atoms with Crippen LogP contribution in [0.1, 0.15) is 39.0 Å². The molecule has 0 bridgehead atoms. The number of β-amino-alcohol motifs (C(OH)–C–C–N with tert-alkyl or cyclic N) is 1. The fourth-order valence-corrected chi connectivity index (χ4v) is 2.77. The van der Waals surface area contributed by atoms with Crippen molar-refractivity contribution in [3.63, 3.8) is 0 Å².